The molecule has 1 aliphatic carbocycles. The third kappa shape index (κ3) is 2.55. The molecule has 16 heavy (non-hydrogen) atoms. The Morgan fingerprint density at radius 3 is 2.75 bits per heavy atom. The quantitative estimate of drug-likeness (QED) is 0.930. The summed E-state index contributed by atoms with van der Waals surface area (Å²) in [6, 6.07) is 8.35. The number of rotatable bonds is 3. The van der Waals surface area contributed by atoms with Crippen LogP contribution in [-0.4, -0.2) is 22.5 Å². The average Bonchev–Trinajstić information content (AvgIpc) is 2.77. The summed E-state index contributed by atoms with van der Waals surface area (Å²) in [5, 5.41) is 3.57. The molecule has 0 bridgehead atoms. The Balaban J connectivity index is 2.12. The fourth-order valence-corrected chi connectivity index (χ4v) is 4.54. The van der Waals surface area contributed by atoms with Gasteiger partial charge in [-0.15, -0.1) is 0 Å². The van der Waals surface area contributed by atoms with E-state index in [1.807, 2.05) is 31.3 Å². The third-order valence-corrected chi connectivity index (χ3v) is 5.93. The molecule has 3 unspecified atom stereocenters. The molecule has 0 radical (unpaired) electrons. The standard InChI is InChI=1S/C12H16BrNOS/c1-14-9-6-7-10(8-9)16(15)12-5-3-2-4-11(12)13/h2-5,9-10,14H,6-8H2,1H3. The van der Waals surface area contributed by atoms with Gasteiger partial charge in [-0.05, 0) is 54.4 Å². The van der Waals surface area contributed by atoms with Crippen LogP contribution in [0.2, 0.25) is 0 Å². The highest BCUT2D eigenvalue weighted by Crippen LogP contribution is 2.30. The van der Waals surface area contributed by atoms with E-state index >= 15 is 0 Å². The van der Waals surface area contributed by atoms with E-state index in [0.717, 1.165) is 28.6 Å². The Hall–Kier alpha value is -0.190. The Morgan fingerprint density at radius 2 is 2.12 bits per heavy atom. The molecule has 88 valence electrons. The number of benzene rings is 1. The molecule has 1 aliphatic rings. The summed E-state index contributed by atoms with van der Waals surface area (Å²) in [4.78, 5) is 0.934. The lowest BCUT2D eigenvalue weighted by Gasteiger charge is -2.11. The van der Waals surface area contributed by atoms with Gasteiger partial charge in [-0.2, -0.15) is 0 Å². The molecule has 3 atom stereocenters. The van der Waals surface area contributed by atoms with E-state index < -0.39 is 10.8 Å². The maximum atomic E-state index is 12.4. The average molecular weight is 302 g/mol. The zero-order chi connectivity index (χ0) is 11.5. The van der Waals surface area contributed by atoms with Gasteiger partial charge in [-0.3, -0.25) is 4.21 Å². The summed E-state index contributed by atoms with van der Waals surface area (Å²) in [6.45, 7) is 0. The van der Waals surface area contributed by atoms with Crippen molar-refractivity contribution in [2.45, 2.75) is 35.4 Å². The molecule has 1 aromatic carbocycles. The Morgan fingerprint density at radius 1 is 1.38 bits per heavy atom. The van der Waals surface area contributed by atoms with Crippen LogP contribution >= 0.6 is 15.9 Å². The van der Waals surface area contributed by atoms with Gasteiger partial charge in [0.1, 0.15) is 0 Å². The summed E-state index contributed by atoms with van der Waals surface area (Å²) in [7, 11) is 1.10. The first-order chi connectivity index (χ1) is 7.72. The minimum atomic E-state index is -0.879. The van der Waals surface area contributed by atoms with Gasteiger partial charge in [-0.1, -0.05) is 12.1 Å². The van der Waals surface area contributed by atoms with Crippen LogP contribution in [0.4, 0.5) is 0 Å². The molecule has 0 heterocycles. The lowest BCUT2D eigenvalue weighted by Crippen LogP contribution is -2.23. The van der Waals surface area contributed by atoms with Gasteiger partial charge >= 0.3 is 0 Å². The smallest absolute Gasteiger partial charge is 0.0572 e. The molecule has 2 rings (SSSR count). The van der Waals surface area contributed by atoms with Crippen LogP contribution < -0.4 is 5.32 Å². The lowest BCUT2D eigenvalue weighted by molar-refractivity contribution is 0.581. The molecule has 0 aromatic heterocycles. The van der Waals surface area contributed by atoms with E-state index in [1.165, 1.54) is 0 Å². The summed E-state index contributed by atoms with van der Waals surface area (Å²) in [5.41, 5.74) is 0. The largest absolute Gasteiger partial charge is 0.317 e. The number of hydrogen-bond donors (Lipinski definition) is 1. The summed E-state index contributed by atoms with van der Waals surface area (Å²) in [6.07, 6.45) is 3.21. The summed E-state index contributed by atoms with van der Waals surface area (Å²) in [5.74, 6) is 0. The first-order valence-electron chi connectivity index (χ1n) is 5.54. The first kappa shape index (κ1) is 12.3. The van der Waals surface area contributed by atoms with Crippen LogP contribution in [0.5, 0.6) is 0 Å². The van der Waals surface area contributed by atoms with Gasteiger partial charge in [0.25, 0.3) is 0 Å². The van der Waals surface area contributed by atoms with Crippen LogP contribution in [0.1, 0.15) is 19.3 Å². The van der Waals surface area contributed by atoms with Gasteiger partial charge in [0.15, 0.2) is 0 Å². The van der Waals surface area contributed by atoms with Crippen LogP contribution in [-0.2, 0) is 10.8 Å². The number of halogens is 1. The van der Waals surface area contributed by atoms with Gasteiger partial charge < -0.3 is 5.32 Å². The second-order valence-electron chi connectivity index (χ2n) is 4.15. The molecule has 0 saturated heterocycles. The van der Waals surface area contributed by atoms with Crippen molar-refractivity contribution in [2.75, 3.05) is 7.05 Å². The second-order valence-corrected chi connectivity index (χ2v) is 6.70. The molecule has 1 saturated carbocycles. The second kappa shape index (κ2) is 5.43. The molecule has 2 nitrogen and oxygen atoms in total. The molecule has 4 heteroatoms. The first-order valence-corrected chi connectivity index (χ1v) is 7.55. The molecule has 1 N–H and O–H groups in total. The highest BCUT2D eigenvalue weighted by molar-refractivity contribution is 9.10. The topological polar surface area (TPSA) is 29.1 Å². The normalized spacial score (nSPS) is 26.9. The van der Waals surface area contributed by atoms with Crippen LogP contribution in [0.3, 0.4) is 0 Å². The molecule has 0 aliphatic heterocycles. The van der Waals surface area contributed by atoms with Crippen molar-refractivity contribution in [1.82, 2.24) is 5.32 Å². The minimum Gasteiger partial charge on any atom is -0.317 e. The van der Waals surface area contributed by atoms with Crippen LogP contribution in [0, 0.1) is 0 Å². The van der Waals surface area contributed by atoms with Crippen molar-refractivity contribution in [2.24, 2.45) is 0 Å². The van der Waals surface area contributed by atoms with E-state index in [2.05, 4.69) is 21.2 Å². The van der Waals surface area contributed by atoms with Crippen LogP contribution in [0.15, 0.2) is 33.6 Å². The predicted molar refractivity (Wildman–Crippen MR) is 71.0 cm³/mol. The van der Waals surface area contributed by atoms with Crippen molar-refractivity contribution >= 4 is 26.7 Å². The number of nitrogens with one attached hydrogen (secondary N) is 1. The van der Waals surface area contributed by atoms with Crippen molar-refractivity contribution in [3.63, 3.8) is 0 Å². The maximum absolute atomic E-state index is 12.4. The zero-order valence-corrected chi connectivity index (χ0v) is 11.7. The molecule has 0 amide bonds. The highest BCUT2D eigenvalue weighted by Gasteiger charge is 2.29. The van der Waals surface area contributed by atoms with E-state index in [4.69, 9.17) is 0 Å². The SMILES string of the molecule is CNC1CCC(S(=O)c2ccccc2Br)C1. The molecule has 0 spiro atoms. The van der Waals surface area contributed by atoms with Crippen LogP contribution in [0.25, 0.3) is 0 Å². The van der Waals surface area contributed by atoms with E-state index in [1.54, 1.807) is 0 Å². The van der Waals surface area contributed by atoms with Crippen molar-refractivity contribution in [3.05, 3.63) is 28.7 Å². The molecule has 1 fully saturated rings. The highest BCUT2D eigenvalue weighted by atomic mass is 79.9. The predicted octanol–water partition coefficient (Wildman–Crippen LogP) is 2.70. The van der Waals surface area contributed by atoms with Crippen molar-refractivity contribution in [1.29, 1.82) is 0 Å². The van der Waals surface area contributed by atoms with Gasteiger partial charge in [0.05, 0.1) is 15.7 Å². The van der Waals surface area contributed by atoms with Gasteiger partial charge in [-0.25, -0.2) is 0 Å². The monoisotopic (exact) mass is 301 g/mol. The van der Waals surface area contributed by atoms with Gasteiger partial charge in [0, 0.05) is 15.8 Å². The maximum Gasteiger partial charge on any atom is 0.0572 e. The lowest BCUT2D eigenvalue weighted by atomic mass is 10.3. The Labute approximate surface area is 107 Å². The summed E-state index contributed by atoms with van der Waals surface area (Å²) >= 11 is 3.47. The number of hydrogen-bond acceptors (Lipinski definition) is 2. The van der Waals surface area contributed by atoms with E-state index in [-0.39, 0.29) is 0 Å². The van der Waals surface area contributed by atoms with E-state index in [9.17, 15) is 4.21 Å². The Kier molecular flexibility index (Phi) is 4.16. The molecule has 1 aromatic rings. The Bertz CT molecular complexity index is 396. The molecular weight excluding hydrogens is 286 g/mol. The molecular formula is C12H16BrNOS. The fraction of sp³-hybridized carbons (Fsp3) is 0.500. The minimum absolute atomic E-state index is 0.302. The van der Waals surface area contributed by atoms with Gasteiger partial charge in [0.2, 0.25) is 0 Å². The zero-order valence-electron chi connectivity index (χ0n) is 9.28. The fourth-order valence-electron chi connectivity index (χ4n) is 2.18. The van der Waals surface area contributed by atoms with Crippen molar-refractivity contribution < 1.29 is 4.21 Å². The third-order valence-electron chi connectivity index (χ3n) is 3.15. The van der Waals surface area contributed by atoms with Crippen molar-refractivity contribution in [3.8, 4) is 0 Å². The summed E-state index contributed by atoms with van der Waals surface area (Å²) < 4.78 is 13.3. The van der Waals surface area contributed by atoms with E-state index in [0.29, 0.717) is 11.3 Å².